The average molecular weight is 373 g/mol. The number of hydrogen-bond acceptors (Lipinski definition) is 2. The number of aliphatic hydroxyl groups excluding tert-OH is 1. The van der Waals surface area contributed by atoms with Crippen LogP contribution in [-0.2, 0) is 17.4 Å². The summed E-state index contributed by atoms with van der Waals surface area (Å²) >= 11 is 0. The molecule has 0 spiro atoms. The maximum atomic E-state index is 12.6. The molecule has 0 saturated heterocycles. The Kier molecular flexibility index (Phi) is 5.46. The minimum atomic E-state index is -4.42. The van der Waals surface area contributed by atoms with Crippen LogP contribution in [0.25, 0.3) is 10.8 Å². The molecule has 0 aromatic heterocycles. The molecule has 1 atom stereocenters. The number of rotatable bonds is 5. The largest absolute Gasteiger partial charge is 0.416 e. The molecular weight excluding hydrogens is 355 g/mol. The first kappa shape index (κ1) is 18.9. The molecule has 0 unspecified atom stereocenters. The quantitative estimate of drug-likeness (QED) is 0.702. The van der Waals surface area contributed by atoms with Gasteiger partial charge in [0.15, 0.2) is 0 Å². The lowest BCUT2D eigenvalue weighted by molar-refractivity contribution is -0.137. The topological polar surface area (TPSA) is 49.3 Å². The Morgan fingerprint density at radius 1 is 0.963 bits per heavy atom. The molecule has 2 N–H and O–H groups in total. The summed E-state index contributed by atoms with van der Waals surface area (Å²) in [5.74, 6) is -0.266. The van der Waals surface area contributed by atoms with Gasteiger partial charge in [0.25, 0.3) is 0 Å². The van der Waals surface area contributed by atoms with Crippen LogP contribution in [0.1, 0.15) is 22.8 Å². The second-order valence-electron chi connectivity index (χ2n) is 6.25. The molecule has 3 aromatic rings. The summed E-state index contributed by atoms with van der Waals surface area (Å²) < 4.78 is 37.7. The zero-order valence-electron chi connectivity index (χ0n) is 14.3. The van der Waals surface area contributed by atoms with E-state index in [0.717, 1.165) is 28.5 Å². The standard InChI is InChI=1S/C21H18F3NO2/c22-21(23,24)17-10-8-15(9-11-17)19(26)13-25-20(27)12-16-6-3-5-14-4-1-2-7-18(14)16/h1-11,19,26H,12-13H2,(H,25,27)/t19-/m1/s1. The number of halogens is 3. The molecule has 1 amide bonds. The molecule has 0 aliphatic heterocycles. The third-order valence-corrected chi connectivity index (χ3v) is 4.35. The lowest BCUT2D eigenvalue weighted by Crippen LogP contribution is -2.29. The number of hydrogen-bond donors (Lipinski definition) is 2. The molecule has 0 radical (unpaired) electrons. The van der Waals surface area contributed by atoms with E-state index in [0.29, 0.717) is 5.56 Å². The molecule has 0 fully saturated rings. The molecule has 0 bridgehead atoms. The van der Waals surface area contributed by atoms with Crippen LogP contribution in [0.3, 0.4) is 0 Å². The molecule has 3 nitrogen and oxygen atoms in total. The summed E-state index contributed by atoms with van der Waals surface area (Å²) in [4.78, 5) is 12.2. The van der Waals surface area contributed by atoms with E-state index in [1.54, 1.807) is 0 Å². The number of benzene rings is 3. The fraction of sp³-hybridized carbons (Fsp3) is 0.190. The van der Waals surface area contributed by atoms with Crippen molar-refractivity contribution in [2.75, 3.05) is 6.54 Å². The van der Waals surface area contributed by atoms with Gasteiger partial charge in [-0.25, -0.2) is 0 Å². The first-order valence-corrected chi connectivity index (χ1v) is 8.43. The van der Waals surface area contributed by atoms with Crippen molar-refractivity contribution in [2.45, 2.75) is 18.7 Å². The van der Waals surface area contributed by atoms with Crippen LogP contribution < -0.4 is 5.32 Å². The van der Waals surface area contributed by atoms with Gasteiger partial charge in [-0.15, -0.1) is 0 Å². The lowest BCUT2D eigenvalue weighted by Gasteiger charge is -2.14. The first-order valence-electron chi connectivity index (χ1n) is 8.43. The van der Waals surface area contributed by atoms with Gasteiger partial charge >= 0.3 is 6.18 Å². The van der Waals surface area contributed by atoms with Crippen molar-refractivity contribution in [2.24, 2.45) is 0 Å². The summed E-state index contributed by atoms with van der Waals surface area (Å²) in [6.45, 7) is -0.0744. The van der Waals surface area contributed by atoms with E-state index in [9.17, 15) is 23.1 Å². The Hall–Kier alpha value is -2.86. The number of nitrogens with one attached hydrogen (secondary N) is 1. The lowest BCUT2D eigenvalue weighted by atomic mass is 10.0. The van der Waals surface area contributed by atoms with E-state index in [-0.39, 0.29) is 18.9 Å². The average Bonchev–Trinajstić information content (AvgIpc) is 2.66. The van der Waals surface area contributed by atoms with Gasteiger partial charge in [-0.2, -0.15) is 13.2 Å². The molecular formula is C21H18F3NO2. The highest BCUT2D eigenvalue weighted by Crippen LogP contribution is 2.29. The molecule has 0 saturated carbocycles. The molecule has 0 aliphatic carbocycles. The Morgan fingerprint density at radius 2 is 1.63 bits per heavy atom. The monoisotopic (exact) mass is 373 g/mol. The maximum absolute atomic E-state index is 12.6. The van der Waals surface area contributed by atoms with Crippen LogP contribution in [0.5, 0.6) is 0 Å². The number of aliphatic hydroxyl groups is 1. The molecule has 0 heterocycles. The molecule has 0 aliphatic rings. The smallest absolute Gasteiger partial charge is 0.387 e. The molecule has 3 rings (SSSR count). The van der Waals surface area contributed by atoms with Crippen molar-refractivity contribution in [1.29, 1.82) is 0 Å². The summed E-state index contributed by atoms with van der Waals surface area (Å²) in [7, 11) is 0. The predicted octanol–water partition coefficient (Wildman–Crippen LogP) is 4.25. The Balaban J connectivity index is 1.60. The van der Waals surface area contributed by atoms with Gasteiger partial charge in [-0.3, -0.25) is 4.79 Å². The number of alkyl halides is 3. The third kappa shape index (κ3) is 4.65. The van der Waals surface area contributed by atoms with Crippen molar-refractivity contribution < 1.29 is 23.1 Å². The number of carbonyl (C=O) groups is 1. The van der Waals surface area contributed by atoms with Crippen molar-refractivity contribution in [1.82, 2.24) is 5.32 Å². The van der Waals surface area contributed by atoms with Gasteiger partial charge in [0, 0.05) is 6.54 Å². The highest BCUT2D eigenvalue weighted by Gasteiger charge is 2.30. The summed E-state index contributed by atoms with van der Waals surface area (Å²) in [6, 6.07) is 17.7. The van der Waals surface area contributed by atoms with Gasteiger partial charge in [-0.05, 0) is 34.0 Å². The van der Waals surface area contributed by atoms with E-state index < -0.39 is 17.8 Å². The fourth-order valence-corrected chi connectivity index (χ4v) is 2.90. The van der Waals surface area contributed by atoms with E-state index >= 15 is 0 Å². The number of fused-ring (bicyclic) bond motifs is 1. The molecule has 3 aromatic carbocycles. The van der Waals surface area contributed by atoms with E-state index in [4.69, 9.17) is 0 Å². The van der Waals surface area contributed by atoms with Crippen molar-refractivity contribution in [3.05, 3.63) is 83.4 Å². The summed E-state index contributed by atoms with van der Waals surface area (Å²) in [6.07, 6.45) is -5.35. The zero-order valence-corrected chi connectivity index (χ0v) is 14.3. The van der Waals surface area contributed by atoms with Crippen molar-refractivity contribution >= 4 is 16.7 Å². The second kappa shape index (κ2) is 7.80. The number of amides is 1. The highest BCUT2D eigenvalue weighted by molar-refractivity contribution is 5.90. The maximum Gasteiger partial charge on any atom is 0.416 e. The van der Waals surface area contributed by atoms with E-state index in [1.165, 1.54) is 12.1 Å². The molecule has 6 heteroatoms. The van der Waals surface area contributed by atoms with Crippen LogP contribution in [0.15, 0.2) is 66.7 Å². The third-order valence-electron chi connectivity index (χ3n) is 4.35. The Labute approximate surface area is 154 Å². The van der Waals surface area contributed by atoms with Gasteiger partial charge in [0.05, 0.1) is 18.1 Å². The van der Waals surface area contributed by atoms with Crippen LogP contribution in [-0.4, -0.2) is 17.6 Å². The summed E-state index contributed by atoms with van der Waals surface area (Å²) in [5.41, 5.74) is 0.404. The van der Waals surface area contributed by atoms with Gasteiger partial charge in [0.1, 0.15) is 0 Å². The zero-order chi connectivity index (χ0) is 19.4. The van der Waals surface area contributed by atoms with Crippen LogP contribution >= 0.6 is 0 Å². The first-order chi connectivity index (χ1) is 12.8. The normalized spacial score (nSPS) is 12.7. The Bertz CT molecular complexity index is 931. The molecule has 27 heavy (non-hydrogen) atoms. The van der Waals surface area contributed by atoms with Gasteiger partial charge < -0.3 is 10.4 Å². The van der Waals surface area contributed by atoms with Crippen molar-refractivity contribution in [3.8, 4) is 0 Å². The van der Waals surface area contributed by atoms with Crippen LogP contribution in [0.4, 0.5) is 13.2 Å². The van der Waals surface area contributed by atoms with Crippen LogP contribution in [0.2, 0.25) is 0 Å². The second-order valence-corrected chi connectivity index (χ2v) is 6.25. The van der Waals surface area contributed by atoms with Gasteiger partial charge in [0.2, 0.25) is 5.91 Å². The van der Waals surface area contributed by atoms with E-state index in [1.807, 2.05) is 42.5 Å². The highest BCUT2D eigenvalue weighted by atomic mass is 19.4. The van der Waals surface area contributed by atoms with Gasteiger partial charge in [-0.1, -0.05) is 54.6 Å². The van der Waals surface area contributed by atoms with Crippen molar-refractivity contribution in [3.63, 3.8) is 0 Å². The predicted molar refractivity (Wildman–Crippen MR) is 97.1 cm³/mol. The SMILES string of the molecule is O=C(Cc1cccc2ccccc12)NC[C@@H](O)c1ccc(C(F)(F)F)cc1. The molecule has 140 valence electrons. The Morgan fingerprint density at radius 3 is 2.33 bits per heavy atom. The van der Waals surface area contributed by atoms with Crippen LogP contribution in [0, 0.1) is 0 Å². The van der Waals surface area contributed by atoms with E-state index in [2.05, 4.69) is 5.32 Å². The number of carbonyl (C=O) groups excluding carboxylic acids is 1. The minimum Gasteiger partial charge on any atom is -0.387 e. The minimum absolute atomic E-state index is 0.0744. The fourth-order valence-electron chi connectivity index (χ4n) is 2.90. The summed E-state index contributed by atoms with van der Waals surface area (Å²) in [5, 5.41) is 14.8.